The Morgan fingerprint density at radius 2 is 2.03 bits per heavy atom. The van der Waals surface area contributed by atoms with Crippen molar-refractivity contribution in [3.8, 4) is 5.75 Å². The summed E-state index contributed by atoms with van der Waals surface area (Å²) in [7, 11) is -1.94. The Labute approximate surface area is 183 Å². The van der Waals surface area contributed by atoms with Crippen LogP contribution < -0.4 is 10.1 Å². The first-order chi connectivity index (χ1) is 14.3. The maximum Gasteiger partial charge on any atom is 0.224 e. The molecule has 1 fully saturated rings. The number of methoxy groups -OCH3 is 1. The van der Waals surface area contributed by atoms with Gasteiger partial charge in [-0.2, -0.15) is 0 Å². The highest BCUT2D eigenvalue weighted by Gasteiger charge is 2.33. The number of benzene rings is 2. The number of carbonyl (C=O) groups excluding carboxylic acids is 1. The molecule has 3 rings (SSSR count). The van der Waals surface area contributed by atoms with Gasteiger partial charge in [0.15, 0.2) is 0 Å². The fraction of sp³-hybridized carbons (Fsp3) is 0.409. The number of sulfonamides is 1. The first kappa shape index (κ1) is 22.6. The third kappa shape index (κ3) is 5.53. The monoisotopic (exact) mass is 450 g/mol. The Bertz CT molecular complexity index is 996. The minimum Gasteiger partial charge on any atom is -0.496 e. The average molecular weight is 451 g/mol. The van der Waals surface area contributed by atoms with Gasteiger partial charge in [0, 0.05) is 23.7 Å². The Balaban J connectivity index is 1.65. The van der Waals surface area contributed by atoms with E-state index in [1.54, 1.807) is 31.4 Å². The maximum atomic E-state index is 12.9. The molecule has 2 atom stereocenters. The number of hydrogen-bond acceptors (Lipinski definition) is 4. The third-order valence-corrected chi connectivity index (χ3v) is 7.40. The van der Waals surface area contributed by atoms with E-state index in [1.165, 1.54) is 4.31 Å². The molecule has 2 aromatic rings. The zero-order valence-corrected chi connectivity index (χ0v) is 18.7. The van der Waals surface area contributed by atoms with Gasteiger partial charge in [0.1, 0.15) is 5.75 Å². The summed E-state index contributed by atoms with van der Waals surface area (Å²) in [5, 5.41) is 3.52. The molecule has 0 radical (unpaired) electrons. The minimum atomic E-state index is -3.54. The molecule has 1 N–H and O–H groups in total. The number of carbonyl (C=O) groups is 1. The molecule has 8 heteroatoms. The molecule has 1 heterocycles. The van der Waals surface area contributed by atoms with Crippen LogP contribution in [0.3, 0.4) is 0 Å². The van der Waals surface area contributed by atoms with Gasteiger partial charge >= 0.3 is 0 Å². The summed E-state index contributed by atoms with van der Waals surface area (Å²) in [6.45, 7) is 2.51. The van der Waals surface area contributed by atoms with Crippen LogP contribution in [0.25, 0.3) is 0 Å². The number of rotatable bonds is 7. The number of amides is 1. The molecular formula is C22H27ClN2O4S. The summed E-state index contributed by atoms with van der Waals surface area (Å²) in [5.74, 6) is 0.0558. The van der Waals surface area contributed by atoms with E-state index in [0.717, 1.165) is 5.56 Å². The van der Waals surface area contributed by atoms with Crippen LogP contribution in [-0.4, -0.2) is 38.8 Å². The molecule has 2 aromatic carbocycles. The highest BCUT2D eigenvalue weighted by Crippen LogP contribution is 2.26. The van der Waals surface area contributed by atoms with E-state index in [4.69, 9.17) is 16.3 Å². The van der Waals surface area contributed by atoms with E-state index in [1.807, 2.05) is 31.2 Å². The lowest BCUT2D eigenvalue weighted by molar-refractivity contribution is -0.126. The van der Waals surface area contributed by atoms with Crippen molar-refractivity contribution in [1.82, 2.24) is 9.62 Å². The quantitative estimate of drug-likeness (QED) is 0.696. The molecule has 0 spiro atoms. The lowest BCUT2D eigenvalue weighted by Gasteiger charge is -2.32. The normalized spacial score (nSPS) is 18.6. The topological polar surface area (TPSA) is 75.7 Å². The van der Waals surface area contributed by atoms with Crippen LogP contribution in [0.15, 0.2) is 48.5 Å². The Hall–Kier alpha value is -2.09. The van der Waals surface area contributed by atoms with Crippen molar-refractivity contribution < 1.29 is 17.9 Å². The highest BCUT2D eigenvalue weighted by molar-refractivity contribution is 7.88. The first-order valence-corrected chi connectivity index (χ1v) is 11.9. The van der Waals surface area contributed by atoms with Crippen LogP contribution in [0, 0.1) is 5.92 Å². The first-order valence-electron chi connectivity index (χ1n) is 9.95. The van der Waals surface area contributed by atoms with Crippen molar-refractivity contribution in [2.45, 2.75) is 31.6 Å². The molecule has 0 aromatic heterocycles. The molecule has 0 unspecified atom stereocenters. The maximum absolute atomic E-state index is 12.9. The van der Waals surface area contributed by atoms with E-state index in [9.17, 15) is 13.2 Å². The molecule has 0 aliphatic carbocycles. The molecule has 6 nitrogen and oxygen atoms in total. The molecule has 1 aliphatic heterocycles. The summed E-state index contributed by atoms with van der Waals surface area (Å²) in [6, 6.07) is 14.1. The summed E-state index contributed by atoms with van der Waals surface area (Å²) in [4.78, 5) is 12.9. The Morgan fingerprint density at radius 3 is 2.77 bits per heavy atom. The molecular weight excluding hydrogens is 424 g/mol. The zero-order valence-electron chi connectivity index (χ0n) is 17.2. The summed E-state index contributed by atoms with van der Waals surface area (Å²) in [5.41, 5.74) is 1.52. The van der Waals surface area contributed by atoms with Crippen molar-refractivity contribution in [1.29, 1.82) is 0 Å². The van der Waals surface area contributed by atoms with Gasteiger partial charge in [-0.25, -0.2) is 12.7 Å². The second-order valence-corrected chi connectivity index (χ2v) is 9.96. The lowest BCUT2D eigenvalue weighted by Crippen LogP contribution is -2.46. The fourth-order valence-corrected chi connectivity index (χ4v) is 5.58. The minimum absolute atomic E-state index is 0.125. The van der Waals surface area contributed by atoms with Gasteiger partial charge in [-0.3, -0.25) is 4.79 Å². The van der Waals surface area contributed by atoms with E-state index >= 15 is 0 Å². The second-order valence-electron chi connectivity index (χ2n) is 7.56. The Kier molecular flexibility index (Phi) is 7.39. The van der Waals surface area contributed by atoms with Gasteiger partial charge in [-0.1, -0.05) is 41.9 Å². The molecule has 30 heavy (non-hydrogen) atoms. The second kappa shape index (κ2) is 9.81. The molecule has 1 saturated heterocycles. The fourth-order valence-electron chi connectivity index (χ4n) is 3.77. The van der Waals surface area contributed by atoms with Crippen molar-refractivity contribution in [3.05, 3.63) is 64.7 Å². The number of nitrogens with zero attached hydrogens (tertiary/aromatic N) is 1. The number of nitrogens with one attached hydrogen (secondary N) is 1. The van der Waals surface area contributed by atoms with Crippen molar-refractivity contribution in [2.24, 2.45) is 5.92 Å². The number of hydrogen-bond donors (Lipinski definition) is 1. The predicted octanol–water partition coefficient (Wildman–Crippen LogP) is 3.77. The van der Waals surface area contributed by atoms with E-state index in [-0.39, 0.29) is 30.2 Å². The number of piperidine rings is 1. The van der Waals surface area contributed by atoms with Crippen LogP contribution in [0.2, 0.25) is 5.02 Å². The standard InChI is InChI=1S/C22H27ClN2O4S/c1-16(20-10-3-4-11-21(20)29-2)24-22(26)18-8-6-12-25(14-18)30(27,28)15-17-7-5-9-19(23)13-17/h3-5,7,9-11,13,16,18H,6,8,12,14-15H2,1-2H3,(H,24,26)/t16-,18+/m1/s1. The van der Waals surface area contributed by atoms with Gasteiger partial charge in [0.25, 0.3) is 0 Å². The van der Waals surface area contributed by atoms with Crippen LogP contribution in [0.4, 0.5) is 0 Å². The third-order valence-electron chi connectivity index (χ3n) is 5.35. The van der Waals surface area contributed by atoms with Gasteiger partial charge in [0.2, 0.25) is 15.9 Å². The predicted molar refractivity (Wildman–Crippen MR) is 118 cm³/mol. The molecule has 0 saturated carbocycles. The van der Waals surface area contributed by atoms with Gasteiger partial charge < -0.3 is 10.1 Å². The summed E-state index contributed by atoms with van der Waals surface area (Å²) < 4.78 is 32.6. The van der Waals surface area contributed by atoms with Gasteiger partial charge in [0.05, 0.1) is 24.8 Å². The molecule has 1 amide bonds. The SMILES string of the molecule is COc1ccccc1[C@@H](C)NC(=O)[C@H]1CCCN(S(=O)(=O)Cc2cccc(Cl)c2)C1. The van der Waals surface area contributed by atoms with Gasteiger partial charge in [-0.05, 0) is 43.5 Å². The van der Waals surface area contributed by atoms with E-state index in [2.05, 4.69) is 5.32 Å². The van der Waals surface area contributed by atoms with Crippen LogP contribution in [0.5, 0.6) is 5.75 Å². The number of halogens is 1. The van der Waals surface area contributed by atoms with E-state index < -0.39 is 10.0 Å². The molecule has 0 bridgehead atoms. The van der Waals surface area contributed by atoms with Crippen molar-refractivity contribution in [2.75, 3.05) is 20.2 Å². The number of ether oxygens (including phenoxy) is 1. The van der Waals surface area contributed by atoms with E-state index in [0.29, 0.717) is 35.7 Å². The van der Waals surface area contributed by atoms with Crippen molar-refractivity contribution >= 4 is 27.5 Å². The molecule has 1 aliphatic rings. The van der Waals surface area contributed by atoms with Crippen molar-refractivity contribution in [3.63, 3.8) is 0 Å². The van der Waals surface area contributed by atoms with Crippen LogP contribution >= 0.6 is 11.6 Å². The highest BCUT2D eigenvalue weighted by atomic mass is 35.5. The Morgan fingerprint density at radius 1 is 1.27 bits per heavy atom. The lowest BCUT2D eigenvalue weighted by atomic mass is 9.97. The van der Waals surface area contributed by atoms with Gasteiger partial charge in [-0.15, -0.1) is 0 Å². The summed E-state index contributed by atoms with van der Waals surface area (Å²) >= 11 is 5.97. The average Bonchev–Trinajstić information content (AvgIpc) is 2.73. The zero-order chi connectivity index (χ0) is 21.7. The van der Waals surface area contributed by atoms with Crippen LogP contribution in [-0.2, 0) is 20.6 Å². The largest absolute Gasteiger partial charge is 0.496 e. The number of para-hydroxylation sites is 1. The smallest absolute Gasteiger partial charge is 0.224 e. The summed E-state index contributed by atoms with van der Waals surface area (Å²) in [6.07, 6.45) is 1.31. The molecule has 162 valence electrons. The van der Waals surface area contributed by atoms with Crippen LogP contribution in [0.1, 0.15) is 36.9 Å².